The zero-order chi connectivity index (χ0) is 12.4. The molecule has 2 aliphatic heterocycles. The van der Waals surface area contributed by atoms with E-state index in [4.69, 9.17) is 9.26 Å². The molecular formula is C12H20N4O2. The number of rotatable bonds is 4. The Morgan fingerprint density at radius 1 is 1.50 bits per heavy atom. The maximum Gasteiger partial charge on any atom is 0.228 e. The predicted molar refractivity (Wildman–Crippen MR) is 65.2 cm³/mol. The molecule has 0 aromatic carbocycles. The lowest BCUT2D eigenvalue weighted by Gasteiger charge is -2.33. The van der Waals surface area contributed by atoms with Crippen molar-refractivity contribution in [1.29, 1.82) is 0 Å². The molecule has 1 aromatic heterocycles. The first-order valence-corrected chi connectivity index (χ1v) is 6.69. The van der Waals surface area contributed by atoms with Crippen LogP contribution in [0.1, 0.15) is 30.7 Å². The van der Waals surface area contributed by atoms with Crippen molar-refractivity contribution in [3.63, 3.8) is 0 Å². The van der Waals surface area contributed by atoms with Gasteiger partial charge in [0.15, 0.2) is 0 Å². The van der Waals surface area contributed by atoms with Crippen molar-refractivity contribution in [2.45, 2.75) is 31.4 Å². The number of morpholine rings is 1. The molecule has 2 unspecified atom stereocenters. The van der Waals surface area contributed by atoms with Crippen LogP contribution in [0.3, 0.4) is 0 Å². The minimum atomic E-state index is -0.0218. The largest absolute Gasteiger partial charge is 0.367 e. The van der Waals surface area contributed by atoms with Gasteiger partial charge in [-0.1, -0.05) is 5.16 Å². The van der Waals surface area contributed by atoms with Crippen molar-refractivity contribution in [2.75, 3.05) is 33.3 Å². The van der Waals surface area contributed by atoms with E-state index in [0.29, 0.717) is 17.8 Å². The summed E-state index contributed by atoms with van der Waals surface area (Å²) in [6.07, 6.45) is 3.28. The van der Waals surface area contributed by atoms with Crippen molar-refractivity contribution in [2.24, 2.45) is 0 Å². The fourth-order valence-electron chi connectivity index (χ4n) is 2.71. The molecule has 18 heavy (non-hydrogen) atoms. The zero-order valence-corrected chi connectivity index (χ0v) is 10.8. The molecule has 0 aliphatic carbocycles. The van der Waals surface area contributed by atoms with Crippen LogP contribution in [0, 0.1) is 0 Å². The highest BCUT2D eigenvalue weighted by molar-refractivity contribution is 4.97. The van der Waals surface area contributed by atoms with Crippen LogP contribution in [0.4, 0.5) is 0 Å². The number of nitrogens with one attached hydrogen (secondary N) is 1. The summed E-state index contributed by atoms with van der Waals surface area (Å²) in [5.74, 6) is 1.39. The van der Waals surface area contributed by atoms with E-state index >= 15 is 0 Å². The van der Waals surface area contributed by atoms with E-state index in [1.807, 2.05) is 7.05 Å². The highest BCUT2D eigenvalue weighted by Gasteiger charge is 2.34. The number of hydrogen-bond acceptors (Lipinski definition) is 6. The first kappa shape index (κ1) is 12.1. The Kier molecular flexibility index (Phi) is 3.58. The normalized spacial score (nSPS) is 28.5. The fraction of sp³-hybridized carbons (Fsp3) is 0.833. The molecule has 0 spiro atoms. The van der Waals surface area contributed by atoms with Crippen LogP contribution in [-0.4, -0.2) is 54.4 Å². The van der Waals surface area contributed by atoms with Gasteiger partial charge in [-0.15, -0.1) is 0 Å². The third-order valence-corrected chi connectivity index (χ3v) is 3.75. The quantitative estimate of drug-likeness (QED) is 0.835. The van der Waals surface area contributed by atoms with Gasteiger partial charge >= 0.3 is 0 Å². The lowest BCUT2D eigenvalue weighted by molar-refractivity contribution is -0.0548. The maximum atomic E-state index is 5.85. The van der Waals surface area contributed by atoms with Gasteiger partial charge in [0.25, 0.3) is 0 Å². The van der Waals surface area contributed by atoms with Crippen LogP contribution in [0.2, 0.25) is 0 Å². The molecule has 2 fully saturated rings. The zero-order valence-electron chi connectivity index (χ0n) is 10.8. The predicted octanol–water partition coefficient (Wildman–Crippen LogP) is 0.367. The molecule has 100 valence electrons. The van der Waals surface area contributed by atoms with Crippen molar-refractivity contribution in [3.8, 4) is 0 Å². The van der Waals surface area contributed by atoms with Gasteiger partial charge in [0.05, 0.1) is 6.61 Å². The Morgan fingerprint density at radius 2 is 2.44 bits per heavy atom. The Morgan fingerprint density at radius 3 is 3.33 bits per heavy atom. The lowest BCUT2D eigenvalue weighted by atomic mass is 10.2. The molecule has 2 saturated heterocycles. The third kappa shape index (κ3) is 2.41. The van der Waals surface area contributed by atoms with Crippen molar-refractivity contribution >= 4 is 0 Å². The Balaban J connectivity index is 1.62. The molecule has 0 amide bonds. The second-order valence-corrected chi connectivity index (χ2v) is 5.01. The summed E-state index contributed by atoms with van der Waals surface area (Å²) in [4.78, 5) is 6.90. The summed E-state index contributed by atoms with van der Waals surface area (Å²) in [7, 11) is 1.91. The summed E-state index contributed by atoms with van der Waals surface area (Å²) < 4.78 is 11.1. The van der Waals surface area contributed by atoms with Gasteiger partial charge in [0.1, 0.15) is 6.10 Å². The van der Waals surface area contributed by atoms with Gasteiger partial charge in [-0.3, -0.25) is 4.90 Å². The summed E-state index contributed by atoms with van der Waals surface area (Å²) in [5.41, 5.74) is 0. The number of likely N-dealkylation sites (N-methyl/N-ethyl adjacent to an activating group) is 1. The maximum absolute atomic E-state index is 5.85. The van der Waals surface area contributed by atoms with Crippen molar-refractivity contribution in [3.05, 3.63) is 11.7 Å². The van der Waals surface area contributed by atoms with Crippen LogP contribution in [-0.2, 0) is 11.2 Å². The van der Waals surface area contributed by atoms with Crippen LogP contribution < -0.4 is 5.32 Å². The number of ether oxygens (including phenoxy) is 1. The standard InChI is InChI=1S/C12H20N4O2/c1-13-5-4-11-14-12(15-18-11)10-7-16-6-2-3-9(16)8-17-10/h9-10,13H,2-8H2,1H3. The second-order valence-electron chi connectivity index (χ2n) is 5.01. The van der Waals surface area contributed by atoms with E-state index < -0.39 is 0 Å². The first-order chi connectivity index (χ1) is 8.86. The molecule has 3 rings (SSSR count). The van der Waals surface area contributed by atoms with Gasteiger partial charge in [-0.25, -0.2) is 0 Å². The number of aromatic nitrogens is 2. The van der Waals surface area contributed by atoms with E-state index in [1.165, 1.54) is 19.4 Å². The van der Waals surface area contributed by atoms with Crippen molar-refractivity contribution < 1.29 is 9.26 Å². The topological polar surface area (TPSA) is 63.4 Å². The number of fused-ring (bicyclic) bond motifs is 1. The van der Waals surface area contributed by atoms with Gasteiger partial charge < -0.3 is 14.6 Å². The molecule has 0 saturated carbocycles. The molecule has 6 heteroatoms. The minimum Gasteiger partial charge on any atom is -0.367 e. The molecule has 1 N–H and O–H groups in total. The van der Waals surface area contributed by atoms with E-state index in [0.717, 1.165) is 26.1 Å². The molecule has 6 nitrogen and oxygen atoms in total. The molecule has 1 aromatic rings. The van der Waals surface area contributed by atoms with E-state index in [9.17, 15) is 0 Å². The van der Waals surface area contributed by atoms with Crippen LogP contribution in [0.15, 0.2) is 4.52 Å². The molecule has 3 heterocycles. The smallest absolute Gasteiger partial charge is 0.228 e. The highest BCUT2D eigenvalue weighted by atomic mass is 16.5. The van der Waals surface area contributed by atoms with E-state index in [-0.39, 0.29) is 6.10 Å². The van der Waals surface area contributed by atoms with Crippen molar-refractivity contribution in [1.82, 2.24) is 20.4 Å². The average Bonchev–Trinajstić information content (AvgIpc) is 3.04. The Labute approximate surface area is 107 Å². The first-order valence-electron chi connectivity index (χ1n) is 6.69. The number of hydrogen-bond donors (Lipinski definition) is 1. The second kappa shape index (κ2) is 5.34. The summed E-state index contributed by atoms with van der Waals surface area (Å²) in [6, 6.07) is 0.608. The summed E-state index contributed by atoms with van der Waals surface area (Å²) in [6.45, 7) is 3.72. The monoisotopic (exact) mass is 252 g/mol. The lowest BCUT2D eigenvalue weighted by Crippen LogP contribution is -2.42. The Bertz CT molecular complexity index is 395. The average molecular weight is 252 g/mol. The fourth-order valence-corrected chi connectivity index (χ4v) is 2.71. The van der Waals surface area contributed by atoms with Gasteiger partial charge in [-0.05, 0) is 26.4 Å². The Hall–Kier alpha value is -0.980. The minimum absolute atomic E-state index is 0.0218. The molecular weight excluding hydrogens is 232 g/mol. The summed E-state index contributed by atoms with van der Waals surface area (Å²) in [5, 5.41) is 7.11. The highest BCUT2D eigenvalue weighted by Crippen LogP contribution is 2.28. The molecule has 0 radical (unpaired) electrons. The van der Waals surface area contributed by atoms with Gasteiger partial charge in [0, 0.05) is 25.6 Å². The third-order valence-electron chi connectivity index (χ3n) is 3.75. The SMILES string of the molecule is CNCCc1nc(C2CN3CCCC3CO2)no1. The molecule has 2 atom stereocenters. The van der Waals surface area contributed by atoms with Crippen LogP contribution in [0.5, 0.6) is 0 Å². The summed E-state index contributed by atoms with van der Waals surface area (Å²) >= 11 is 0. The molecule has 0 bridgehead atoms. The van der Waals surface area contributed by atoms with Crippen LogP contribution in [0.25, 0.3) is 0 Å². The van der Waals surface area contributed by atoms with E-state index in [1.54, 1.807) is 0 Å². The van der Waals surface area contributed by atoms with E-state index in [2.05, 4.69) is 20.4 Å². The number of nitrogens with zero attached hydrogens (tertiary/aromatic N) is 3. The van der Waals surface area contributed by atoms with Crippen LogP contribution >= 0.6 is 0 Å². The van der Waals surface area contributed by atoms with Gasteiger partial charge in [-0.2, -0.15) is 4.98 Å². The molecule has 2 aliphatic rings. The van der Waals surface area contributed by atoms with Gasteiger partial charge in [0.2, 0.25) is 11.7 Å².